The summed E-state index contributed by atoms with van der Waals surface area (Å²) in [5, 5.41) is 2.83. The molecular weight excluding hydrogens is 619 g/mol. The fourth-order valence-electron chi connectivity index (χ4n) is 4.77. The molecular formula is C32H62NNa2O9P. The van der Waals surface area contributed by atoms with Gasteiger partial charge < -0.3 is 38.4 Å². The third-order valence-electron chi connectivity index (χ3n) is 7.26. The maximum atomic E-state index is 12.2. The molecule has 0 saturated carbocycles. The van der Waals surface area contributed by atoms with Gasteiger partial charge in [0.1, 0.15) is 12.9 Å². The van der Waals surface area contributed by atoms with E-state index in [0.717, 1.165) is 38.6 Å². The van der Waals surface area contributed by atoms with Crippen LogP contribution in [0.2, 0.25) is 0 Å². The van der Waals surface area contributed by atoms with E-state index in [0.29, 0.717) is 13.0 Å². The maximum absolute atomic E-state index is 12.2. The molecule has 0 spiro atoms. The Morgan fingerprint density at radius 2 is 1.13 bits per heavy atom. The van der Waals surface area contributed by atoms with E-state index < -0.39 is 26.5 Å². The van der Waals surface area contributed by atoms with Crippen molar-refractivity contribution in [3.05, 3.63) is 0 Å². The summed E-state index contributed by atoms with van der Waals surface area (Å²) in [7, 11) is -5.18. The van der Waals surface area contributed by atoms with Gasteiger partial charge in [-0.15, -0.1) is 0 Å². The van der Waals surface area contributed by atoms with Crippen LogP contribution < -0.4 is 74.2 Å². The third-order valence-corrected chi connectivity index (χ3v) is 7.73. The van der Waals surface area contributed by atoms with Gasteiger partial charge in [-0.25, -0.2) is 0 Å². The van der Waals surface area contributed by atoms with Crippen LogP contribution in [0.5, 0.6) is 0 Å². The van der Waals surface area contributed by atoms with Gasteiger partial charge in [-0.2, -0.15) is 0 Å². The van der Waals surface area contributed by atoms with Crippen LogP contribution in [-0.2, 0) is 32.9 Å². The van der Waals surface area contributed by atoms with Crippen molar-refractivity contribution in [1.29, 1.82) is 0 Å². The van der Waals surface area contributed by atoms with Crippen LogP contribution in [0.4, 0.5) is 0 Å². The molecule has 0 bridgehead atoms. The van der Waals surface area contributed by atoms with E-state index in [9.17, 15) is 23.9 Å². The molecule has 10 nitrogen and oxygen atoms in total. The van der Waals surface area contributed by atoms with E-state index in [4.69, 9.17) is 14.2 Å². The second-order valence-corrected chi connectivity index (χ2v) is 12.7. The number of unbranched alkanes of at least 4 members (excludes halogenated alkanes) is 19. The number of carbonyl (C=O) groups excluding carboxylic acids is 2. The molecule has 0 radical (unpaired) electrons. The Morgan fingerprint density at radius 1 is 0.667 bits per heavy atom. The van der Waals surface area contributed by atoms with Crippen molar-refractivity contribution in [2.24, 2.45) is 0 Å². The molecule has 1 atom stereocenters. The molecule has 0 aliphatic heterocycles. The topological polar surface area (TPSA) is 146 Å². The van der Waals surface area contributed by atoms with E-state index in [1.807, 2.05) is 0 Å². The Hall–Kier alpha value is 0.970. The van der Waals surface area contributed by atoms with Crippen LogP contribution in [0.15, 0.2) is 0 Å². The third kappa shape index (κ3) is 42.9. The Morgan fingerprint density at radius 3 is 1.62 bits per heavy atom. The molecule has 0 heterocycles. The minimum atomic E-state index is -5.18. The molecule has 0 aliphatic carbocycles. The largest absolute Gasteiger partial charge is 1.00 e. The molecule has 13 heteroatoms. The van der Waals surface area contributed by atoms with Gasteiger partial charge >= 0.3 is 65.1 Å². The minimum Gasteiger partial charge on any atom is -0.790 e. The number of ether oxygens (including phenoxy) is 3. The number of esters is 1. The summed E-state index contributed by atoms with van der Waals surface area (Å²) in [4.78, 5) is 44.8. The SMILES string of the molecule is CCCCCCCCCCCCC(=O)O[C@H](COCOCCCCCCCCCCCCCNC(C)=O)COP(=O)([O-])[O-].[Na+].[Na+]. The van der Waals surface area contributed by atoms with Gasteiger partial charge in [0.2, 0.25) is 5.91 Å². The van der Waals surface area contributed by atoms with Crippen molar-refractivity contribution < 1.29 is 102 Å². The first kappa shape index (κ1) is 50.3. The molecule has 0 aromatic rings. The van der Waals surface area contributed by atoms with Gasteiger partial charge in [0, 0.05) is 26.5 Å². The van der Waals surface area contributed by atoms with Crippen LogP contribution in [0.3, 0.4) is 0 Å². The number of hydrogen-bond donors (Lipinski definition) is 1. The monoisotopic (exact) mass is 681 g/mol. The van der Waals surface area contributed by atoms with Gasteiger partial charge in [0.05, 0.1) is 21.0 Å². The predicted octanol–water partition coefficient (Wildman–Crippen LogP) is 0.480. The Balaban J connectivity index is -0.00000882. The normalized spacial score (nSPS) is 11.8. The predicted molar refractivity (Wildman–Crippen MR) is 166 cm³/mol. The standard InChI is InChI=1S/C32H64NO9P.2Na/c1-3-4-5-6-7-8-12-15-18-21-24-32(35)42-31(28-41-43(36,37)38)27-40-29-39-26-23-20-17-14-11-9-10-13-16-19-22-25-33-30(2)34;;/h31H,3-29H2,1-2H3,(H,33,34)(H2,36,37,38);;/q;2*+1/p-2/t31-;;/m1../s1. The van der Waals surface area contributed by atoms with Crippen molar-refractivity contribution in [3.63, 3.8) is 0 Å². The number of hydrogen-bond acceptors (Lipinski definition) is 9. The summed E-state index contributed by atoms with van der Waals surface area (Å²) in [5.41, 5.74) is 0. The first-order valence-electron chi connectivity index (χ1n) is 17.0. The Kier molecular flexibility index (Phi) is 42.3. The smallest absolute Gasteiger partial charge is 0.790 e. The molecule has 0 aromatic carbocycles. The molecule has 0 aliphatic rings. The summed E-state index contributed by atoms with van der Waals surface area (Å²) in [6, 6.07) is 0. The van der Waals surface area contributed by atoms with Crippen molar-refractivity contribution in [2.75, 3.05) is 33.2 Å². The van der Waals surface area contributed by atoms with E-state index in [2.05, 4.69) is 16.8 Å². The van der Waals surface area contributed by atoms with Gasteiger partial charge in [0.25, 0.3) is 0 Å². The first-order valence-corrected chi connectivity index (χ1v) is 18.5. The van der Waals surface area contributed by atoms with Crippen LogP contribution >= 0.6 is 7.82 Å². The number of rotatable bonds is 33. The summed E-state index contributed by atoms with van der Waals surface area (Å²) in [6.45, 7) is 4.41. The number of carbonyl (C=O) groups is 2. The van der Waals surface area contributed by atoms with Crippen molar-refractivity contribution in [3.8, 4) is 0 Å². The molecule has 0 aromatic heterocycles. The average molecular weight is 682 g/mol. The second-order valence-electron chi connectivity index (χ2n) is 11.6. The molecule has 1 N–H and O–H groups in total. The minimum absolute atomic E-state index is 0. The molecule has 0 rings (SSSR count). The first-order chi connectivity index (χ1) is 20.7. The van der Waals surface area contributed by atoms with Crippen LogP contribution in [0.1, 0.15) is 155 Å². The van der Waals surface area contributed by atoms with Gasteiger partial charge in [-0.3, -0.25) is 9.59 Å². The molecule has 1 amide bonds. The van der Waals surface area contributed by atoms with E-state index in [-0.39, 0.29) is 84.8 Å². The fraction of sp³-hybridized carbons (Fsp3) is 0.938. The van der Waals surface area contributed by atoms with Crippen LogP contribution in [0.25, 0.3) is 0 Å². The maximum Gasteiger partial charge on any atom is 1.00 e. The molecule has 256 valence electrons. The Labute approximate surface area is 318 Å². The van der Waals surface area contributed by atoms with Crippen molar-refractivity contribution in [1.82, 2.24) is 5.32 Å². The molecule has 45 heavy (non-hydrogen) atoms. The number of phosphoric acid groups is 1. The quantitative estimate of drug-likeness (QED) is 0.0344. The van der Waals surface area contributed by atoms with E-state index in [1.54, 1.807) is 6.92 Å². The summed E-state index contributed by atoms with van der Waals surface area (Å²) in [6.07, 6.45) is 23.7. The molecule has 0 fully saturated rings. The van der Waals surface area contributed by atoms with E-state index >= 15 is 0 Å². The number of nitrogens with one attached hydrogen (secondary N) is 1. The average Bonchev–Trinajstić information content (AvgIpc) is 2.95. The summed E-state index contributed by atoms with van der Waals surface area (Å²) in [5.74, 6) is -0.411. The van der Waals surface area contributed by atoms with Crippen molar-refractivity contribution >= 4 is 19.7 Å². The van der Waals surface area contributed by atoms with Gasteiger partial charge in [0.15, 0.2) is 0 Å². The van der Waals surface area contributed by atoms with Gasteiger partial charge in [-0.05, 0) is 19.3 Å². The number of amides is 1. The van der Waals surface area contributed by atoms with Gasteiger partial charge in [-0.1, -0.05) is 122 Å². The zero-order valence-electron chi connectivity index (χ0n) is 29.3. The Bertz CT molecular complexity index is 702. The molecule has 0 unspecified atom stereocenters. The van der Waals surface area contributed by atoms with Crippen LogP contribution in [-0.4, -0.2) is 51.1 Å². The summed E-state index contributed by atoms with van der Waals surface area (Å²) < 4.78 is 31.4. The summed E-state index contributed by atoms with van der Waals surface area (Å²) >= 11 is 0. The fourth-order valence-corrected chi connectivity index (χ4v) is 5.12. The zero-order valence-corrected chi connectivity index (χ0v) is 34.2. The van der Waals surface area contributed by atoms with Crippen molar-refractivity contribution in [2.45, 2.75) is 161 Å². The zero-order chi connectivity index (χ0) is 31.9. The second kappa shape index (κ2) is 37.8. The van der Waals surface area contributed by atoms with E-state index in [1.165, 1.54) is 96.3 Å². The van der Waals surface area contributed by atoms with Crippen LogP contribution in [0, 0.1) is 0 Å². The molecule has 0 saturated heterocycles. The number of phosphoric ester groups is 1.